The number of rotatable bonds is 5. The molecule has 3 aromatic rings. The Labute approximate surface area is 206 Å². The molecule has 2 aliphatic rings. The Morgan fingerprint density at radius 1 is 1.23 bits per heavy atom. The Morgan fingerprint density at radius 3 is 2.71 bits per heavy atom. The molecule has 3 heterocycles. The number of allylic oxidation sites excluding steroid dienone is 1. The molecule has 0 unspecified atom stereocenters. The van der Waals surface area contributed by atoms with Crippen molar-refractivity contribution in [1.29, 1.82) is 0 Å². The Kier molecular flexibility index (Phi) is 5.91. The first-order chi connectivity index (χ1) is 16.7. The van der Waals surface area contributed by atoms with Gasteiger partial charge >= 0.3 is 5.97 Å². The molecule has 182 valence electrons. The molecule has 1 aliphatic heterocycles. The number of esters is 1. The third kappa shape index (κ3) is 4.11. The minimum Gasteiger partial charge on any atom is -0.462 e. The summed E-state index contributed by atoms with van der Waals surface area (Å²) in [6.07, 6.45) is 5.37. The zero-order chi connectivity index (χ0) is 24.8. The van der Waals surface area contributed by atoms with Crippen LogP contribution in [0.1, 0.15) is 26.0 Å². The highest BCUT2D eigenvalue weighted by atomic mass is 35.5. The Bertz CT molecular complexity index is 1250. The lowest BCUT2D eigenvalue weighted by Crippen LogP contribution is -2.55. The molecule has 0 N–H and O–H groups in total. The van der Waals surface area contributed by atoms with E-state index in [-0.39, 0.29) is 6.54 Å². The van der Waals surface area contributed by atoms with E-state index in [1.165, 1.54) is 17.9 Å². The number of nitrogens with zero attached hydrogens (tertiary/aromatic N) is 5. The summed E-state index contributed by atoms with van der Waals surface area (Å²) in [6.45, 7) is 3.22. The highest BCUT2D eigenvalue weighted by Gasteiger charge is 2.68. The van der Waals surface area contributed by atoms with Gasteiger partial charge in [-0.3, -0.25) is 9.78 Å². The molecule has 0 amide bonds. The number of alkyl halides is 2. The standard InChI is InChI=1S/C25H24ClF2N5O2/c1-15-19(10-9-18-8-7-17(11-29-18)20-5-3-4-6-21(20)26)22-16(2)35-23(34)24(22,12-25(15,27)28)13-33-14-30-31-32-33/h3-11,14-16,19,22H,12-13H2,1-2H3/b10-9+/t15-,16+,19-,22-,24-/m0/s1. The Balaban J connectivity index is 1.47. The number of halogens is 3. The minimum atomic E-state index is -3.08. The summed E-state index contributed by atoms with van der Waals surface area (Å²) in [4.78, 5) is 17.5. The summed E-state index contributed by atoms with van der Waals surface area (Å²) in [6, 6.07) is 11.2. The number of cyclic esters (lactones) is 1. The van der Waals surface area contributed by atoms with Crippen LogP contribution in [-0.2, 0) is 16.1 Å². The predicted octanol–water partition coefficient (Wildman–Crippen LogP) is 4.94. The van der Waals surface area contributed by atoms with Gasteiger partial charge in [0.25, 0.3) is 5.92 Å². The number of hydrogen-bond donors (Lipinski definition) is 0. The van der Waals surface area contributed by atoms with E-state index in [2.05, 4.69) is 20.5 Å². The monoisotopic (exact) mass is 499 g/mol. The maximum Gasteiger partial charge on any atom is 0.314 e. The Morgan fingerprint density at radius 2 is 2.03 bits per heavy atom. The van der Waals surface area contributed by atoms with E-state index >= 15 is 8.78 Å². The van der Waals surface area contributed by atoms with E-state index in [1.54, 1.807) is 25.3 Å². The summed E-state index contributed by atoms with van der Waals surface area (Å²) in [5, 5.41) is 11.6. The van der Waals surface area contributed by atoms with Gasteiger partial charge < -0.3 is 4.74 Å². The van der Waals surface area contributed by atoms with Crippen molar-refractivity contribution in [2.75, 3.05) is 0 Å². The molecule has 2 fully saturated rings. The summed E-state index contributed by atoms with van der Waals surface area (Å²) in [5.41, 5.74) is 0.905. The first-order valence-electron chi connectivity index (χ1n) is 11.4. The number of ether oxygens (including phenoxy) is 1. The van der Waals surface area contributed by atoms with Crippen molar-refractivity contribution in [3.05, 3.63) is 65.7 Å². The molecule has 1 saturated heterocycles. The van der Waals surface area contributed by atoms with Crippen molar-refractivity contribution in [1.82, 2.24) is 25.2 Å². The van der Waals surface area contributed by atoms with Crippen LogP contribution in [0.15, 0.2) is 55.0 Å². The predicted molar refractivity (Wildman–Crippen MR) is 125 cm³/mol. The average molecular weight is 500 g/mol. The maximum atomic E-state index is 15.3. The minimum absolute atomic E-state index is 0.0642. The van der Waals surface area contributed by atoms with Crippen molar-refractivity contribution in [2.24, 2.45) is 23.2 Å². The summed E-state index contributed by atoms with van der Waals surface area (Å²) in [7, 11) is 0. The number of benzene rings is 1. The lowest BCUT2D eigenvalue weighted by molar-refractivity contribution is -0.174. The molecule has 5 rings (SSSR count). The van der Waals surface area contributed by atoms with Gasteiger partial charge in [-0.25, -0.2) is 13.5 Å². The molecule has 0 radical (unpaired) electrons. The van der Waals surface area contributed by atoms with Crippen molar-refractivity contribution < 1.29 is 18.3 Å². The van der Waals surface area contributed by atoms with Gasteiger partial charge in [-0.05, 0) is 41.5 Å². The van der Waals surface area contributed by atoms with Crippen LogP contribution in [0.5, 0.6) is 0 Å². The van der Waals surface area contributed by atoms with Gasteiger partial charge in [-0.2, -0.15) is 0 Å². The van der Waals surface area contributed by atoms with Gasteiger partial charge in [-0.1, -0.05) is 48.9 Å². The number of tetrazole rings is 1. The van der Waals surface area contributed by atoms with Crippen LogP contribution in [0, 0.1) is 23.2 Å². The van der Waals surface area contributed by atoms with E-state index < -0.39 is 47.6 Å². The normalized spacial score (nSPS) is 29.8. The first kappa shape index (κ1) is 23.5. The van der Waals surface area contributed by atoms with Crippen LogP contribution >= 0.6 is 11.6 Å². The Hall–Kier alpha value is -3.20. The molecule has 1 aliphatic carbocycles. The summed E-state index contributed by atoms with van der Waals surface area (Å²) in [5.74, 6) is -5.79. The molecule has 5 atom stereocenters. The van der Waals surface area contributed by atoms with Crippen LogP contribution in [0.25, 0.3) is 17.2 Å². The number of carbonyl (C=O) groups excluding carboxylic acids is 1. The third-order valence-electron chi connectivity index (χ3n) is 7.35. The number of carbonyl (C=O) groups is 1. The molecule has 10 heteroatoms. The largest absolute Gasteiger partial charge is 0.462 e. The van der Waals surface area contributed by atoms with E-state index in [1.807, 2.05) is 36.4 Å². The van der Waals surface area contributed by atoms with Crippen LogP contribution < -0.4 is 0 Å². The van der Waals surface area contributed by atoms with E-state index in [9.17, 15) is 4.79 Å². The second-order valence-electron chi connectivity index (χ2n) is 9.41. The van der Waals surface area contributed by atoms with E-state index in [4.69, 9.17) is 16.3 Å². The van der Waals surface area contributed by atoms with Crippen molar-refractivity contribution in [3.8, 4) is 11.1 Å². The lowest BCUT2D eigenvalue weighted by atomic mass is 9.56. The van der Waals surface area contributed by atoms with E-state index in [0.717, 1.165) is 11.1 Å². The number of aromatic nitrogens is 5. The highest BCUT2D eigenvalue weighted by molar-refractivity contribution is 6.33. The molecule has 1 saturated carbocycles. The topological polar surface area (TPSA) is 82.8 Å². The molecule has 0 spiro atoms. The molecule has 7 nitrogen and oxygen atoms in total. The number of pyridine rings is 1. The van der Waals surface area contributed by atoms with Crippen molar-refractivity contribution >= 4 is 23.6 Å². The SMILES string of the molecule is C[C@H]1OC(=O)[C@]2(Cn3cnnn3)CC(F)(F)[C@@H](C)[C@H](/C=C/c3ccc(-c4ccccc4Cl)cn3)[C@H]12. The van der Waals surface area contributed by atoms with Gasteiger partial charge in [-0.15, -0.1) is 5.10 Å². The van der Waals surface area contributed by atoms with Crippen LogP contribution in [0.2, 0.25) is 5.02 Å². The van der Waals surface area contributed by atoms with Crippen molar-refractivity contribution in [2.45, 2.75) is 38.8 Å². The fourth-order valence-corrected chi connectivity index (χ4v) is 5.86. The zero-order valence-corrected chi connectivity index (χ0v) is 19.9. The fraction of sp³-hybridized carbons (Fsp3) is 0.400. The van der Waals surface area contributed by atoms with Gasteiger partial charge in [0, 0.05) is 40.6 Å². The van der Waals surface area contributed by atoms with Gasteiger partial charge in [0.2, 0.25) is 0 Å². The van der Waals surface area contributed by atoms with Crippen LogP contribution in [0.3, 0.4) is 0 Å². The average Bonchev–Trinajstić information content (AvgIpc) is 3.41. The zero-order valence-electron chi connectivity index (χ0n) is 19.2. The van der Waals surface area contributed by atoms with Gasteiger partial charge in [0.05, 0.1) is 12.2 Å². The fourth-order valence-electron chi connectivity index (χ4n) is 5.61. The molecule has 2 aromatic heterocycles. The molecule has 1 aromatic carbocycles. The molecule has 35 heavy (non-hydrogen) atoms. The van der Waals surface area contributed by atoms with Crippen molar-refractivity contribution in [3.63, 3.8) is 0 Å². The lowest BCUT2D eigenvalue weighted by Gasteiger charge is -2.47. The number of fused-ring (bicyclic) bond motifs is 1. The van der Waals surface area contributed by atoms with Gasteiger partial charge in [0.1, 0.15) is 17.8 Å². The molecule has 0 bridgehead atoms. The highest BCUT2D eigenvalue weighted by Crippen LogP contribution is 2.60. The second kappa shape index (κ2) is 8.78. The van der Waals surface area contributed by atoms with Crippen LogP contribution in [0.4, 0.5) is 8.78 Å². The number of hydrogen-bond acceptors (Lipinski definition) is 6. The summed E-state index contributed by atoms with van der Waals surface area (Å²) >= 11 is 6.28. The smallest absolute Gasteiger partial charge is 0.314 e. The second-order valence-corrected chi connectivity index (χ2v) is 9.82. The van der Waals surface area contributed by atoms with Crippen LogP contribution in [-0.4, -0.2) is 43.2 Å². The first-order valence-corrected chi connectivity index (χ1v) is 11.8. The quantitative estimate of drug-likeness (QED) is 0.462. The third-order valence-corrected chi connectivity index (χ3v) is 7.68. The van der Waals surface area contributed by atoms with Gasteiger partial charge in [0.15, 0.2) is 0 Å². The molecular formula is C25H24ClF2N5O2. The summed E-state index contributed by atoms with van der Waals surface area (Å²) < 4.78 is 37.5. The maximum absolute atomic E-state index is 15.3. The molecular weight excluding hydrogens is 476 g/mol. The van der Waals surface area contributed by atoms with E-state index in [0.29, 0.717) is 10.7 Å².